The summed E-state index contributed by atoms with van der Waals surface area (Å²) in [6.45, 7) is 1.28. The first-order valence-electron chi connectivity index (χ1n) is 8.84. The van der Waals surface area contributed by atoms with E-state index in [2.05, 4.69) is 10.3 Å². The van der Waals surface area contributed by atoms with Gasteiger partial charge >= 0.3 is 0 Å². The number of likely N-dealkylation sites (tertiary alicyclic amines) is 1. The lowest BCUT2D eigenvalue weighted by molar-refractivity contribution is -0.126. The molecule has 130 valence electrons. The summed E-state index contributed by atoms with van der Waals surface area (Å²) in [7, 11) is 0. The van der Waals surface area contributed by atoms with Crippen LogP contribution in [-0.2, 0) is 4.79 Å². The number of halogens is 1. The van der Waals surface area contributed by atoms with Gasteiger partial charge in [0.1, 0.15) is 5.69 Å². The second-order valence-electron chi connectivity index (χ2n) is 6.77. The number of hydrogen-bond acceptors (Lipinski definition) is 3. The number of piperidine rings is 1. The third kappa shape index (κ3) is 4.26. The third-order valence-corrected chi connectivity index (χ3v) is 5.28. The van der Waals surface area contributed by atoms with Crippen molar-refractivity contribution in [3.63, 3.8) is 0 Å². The molecular weight excluding hydrogens is 326 g/mol. The summed E-state index contributed by atoms with van der Waals surface area (Å²) in [5, 5.41) is 3.70. The van der Waals surface area contributed by atoms with Crippen LogP contribution in [0.3, 0.4) is 0 Å². The number of nitrogens with one attached hydrogen (secondary N) is 1. The molecule has 5 nitrogen and oxygen atoms in total. The lowest BCUT2D eigenvalue weighted by Gasteiger charge is -2.33. The van der Waals surface area contributed by atoms with Crippen molar-refractivity contribution in [3.05, 3.63) is 29.0 Å². The summed E-state index contributed by atoms with van der Waals surface area (Å²) in [6.07, 6.45) is 8.76. The zero-order valence-electron chi connectivity index (χ0n) is 13.8. The number of nitrogens with zero attached hydrogens (tertiary/aromatic N) is 2. The van der Waals surface area contributed by atoms with Crippen molar-refractivity contribution in [2.75, 3.05) is 13.1 Å². The summed E-state index contributed by atoms with van der Waals surface area (Å²) in [6, 6.07) is 3.43. The Hall–Kier alpha value is -1.62. The smallest absolute Gasteiger partial charge is 0.272 e. The monoisotopic (exact) mass is 349 g/mol. The molecular formula is C18H24ClN3O2. The highest BCUT2D eigenvalue weighted by atomic mass is 35.5. The summed E-state index contributed by atoms with van der Waals surface area (Å²) in [5.74, 6) is 0.305. The van der Waals surface area contributed by atoms with Crippen LogP contribution in [0.4, 0.5) is 0 Å². The second kappa shape index (κ2) is 7.97. The molecule has 2 aliphatic rings. The first-order chi connectivity index (χ1) is 11.6. The molecule has 1 saturated carbocycles. The Balaban J connectivity index is 1.48. The Morgan fingerprint density at radius 1 is 1.12 bits per heavy atom. The predicted octanol–water partition coefficient (Wildman–Crippen LogP) is 3.04. The lowest BCUT2D eigenvalue weighted by Crippen LogP contribution is -2.48. The minimum atomic E-state index is -0.0884. The van der Waals surface area contributed by atoms with Gasteiger partial charge in [-0.05, 0) is 37.8 Å². The quantitative estimate of drug-likeness (QED) is 0.912. The van der Waals surface area contributed by atoms with Gasteiger partial charge in [-0.15, -0.1) is 0 Å². The van der Waals surface area contributed by atoms with E-state index >= 15 is 0 Å². The Morgan fingerprint density at radius 3 is 2.50 bits per heavy atom. The molecule has 1 N–H and O–H groups in total. The van der Waals surface area contributed by atoms with Gasteiger partial charge in [0.05, 0.1) is 0 Å². The van der Waals surface area contributed by atoms with Crippen molar-refractivity contribution >= 4 is 23.4 Å². The van der Waals surface area contributed by atoms with E-state index in [0.29, 0.717) is 23.8 Å². The van der Waals surface area contributed by atoms with E-state index in [4.69, 9.17) is 11.6 Å². The van der Waals surface area contributed by atoms with Crippen LogP contribution in [0.25, 0.3) is 0 Å². The molecule has 0 bridgehead atoms. The van der Waals surface area contributed by atoms with E-state index < -0.39 is 0 Å². The van der Waals surface area contributed by atoms with Crippen LogP contribution < -0.4 is 5.32 Å². The topological polar surface area (TPSA) is 62.3 Å². The zero-order chi connectivity index (χ0) is 16.9. The number of amides is 2. The molecule has 1 aliphatic carbocycles. The van der Waals surface area contributed by atoms with Crippen LogP contribution in [-0.4, -0.2) is 40.8 Å². The Bertz CT molecular complexity index is 594. The van der Waals surface area contributed by atoms with Crippen molar-refractivity contribution in [1.82, 2.24) is 15.2 Å². The summed E-state index contributed by atoms with van der Waals surface area (Å²) >= 11 is 5.92. The highest BCUT2D eigenvalue weighted by Crippen LogP contribution is 2.24. The van der Waals surface area contributed by atoms with E-state index in [-0.39, 0.29) is 23.8 Å². The molecule has 6 heteroatoms. The normalized spacial score (nSPS) is 20.0. The van der Waals surface area contributed by atoms with Crippen LogP contribution in [0.2, 0.25) is 5.02 Å². The average Bonchev–Trinajstić information content (AvgIpc) is 2.62. The fourth-order valence-corrected chi connectivity index (χ4v) is 3.75. The van der Waals surface area contributed by atoms with Crippen molar-refractivity contribution in [3.8, 4) is 0 Å². The molecule has 24 heavy (non-hydrogen) atoms. The van der Waals surface area contributed by atoms with Crippen LogP contribution in [0.1, 0.15) is 55.4 Å². The predicted molar refractivity (Wildman–Crippen MR) is 92.9 cm³/mol. The first-order valence-corrected chi connectivity index (χ1v) is 9.22. The van der Waals surface area contributed by atoms with Crippen LogP contribution in [0.5, 0.6) is 0 Å². The number of rotatable bonds is 3. The van der Waals surface area contributed by atoms with Gasteiger partial charge in [-0.3, -0.25) is 14.6 Å². The van der Waals surface area contributed by atoms with E-state index in [1.807, 2.05) is 0 Å². The summed E-state index contributed by atoms with van der Waals surface area (Å²) in [5.41, 5.74) is 0.382. The van der Waals surface area contributed by atoms with Gasteiger partial charge in [0.25, 0.3) is 5.91 Å². The molecule has 1 aromatic heterocycles. The van der Waals surface area contributed by atoms with Crippen molar-refractivity contribution in [1.29, 1.82) is 0 Å². The largest absolute Gasteiger partial charge is 0.353 e. The molecule has 0 spiro atoms. The van der Waals surface area contributed by atoms with E-state index in [1.165, 1.54) is 6.42 Å². The Morgan fingerprint density at radius 2 is 1.83 bits per heavy atom. The molecule has 1 aromatic rings. The minimum Gasteiger partial charge on any atom is -0.353 e. The van der Waals surface area contributed by atoms with E-state index in [1.54, 1.807) is 23.2 Å². The summed E-state index contributed by atoms with van der Waals surface area (Å²) in [4.78, 5) is 30.7. The van der Waals surface area contributed by atoms with Gasteiger partial charge < -0.3 is 10.2 Å². The van der Waals surface area contributed by atoms with Gasteiger partial charge in [0.2, 0.25) is 5.91 Å². The summed E-state index contributed by atoms with van der Waals surface area (Å²) < 4.78 is 0. The SMILES string of the molecule is O=C(NC1CCN(C(=O)c2cc(Cl)ccn2)CC1)C1CCCCC1. The fraction of sp³-hybridized carbons (Fsp3) is 0.611. The van der Waals surface area contributed by atoms with Crippen LogP contribution >= 0.6 is 11.6 Å². The maximum absolute atomic E-state index is 12.4. The standard InChI is InChI=1S/C18H24ClN3O2/c19-14-6-9-20-16(12-14)18(24)22-10-7-15(8-11-22)21-17(23)13-4-2-1-3-5-13/h6,9,12-13,15H,1-5,7-8,10-11H2,(H,21,23). The molecule has 2 fully saturated rings. The van der Waals surface area contributed by atoms with Gasteiger partial charge in [-0.1, -0.05) is 30.9 Å². The maximum Gasteiger partial charge on any atom is 0.272 e. The highest BCUT2D eigenvalue weighted by Gasteiger charge is 2.28. The third-order valence-electron chi connectivity index (χ3n) is 5.05. The fourth-order valence-electron chi connectivity index (χ4n) is 3.59. The van der Waals surface area contributed by atoms with Gasteiger partial charge in [-0.25, -0.2) is 0 Å². The molecule has 2 amide bonds. The zero-order valence-corrected chi connectivity index (χ0v) is 14.6. The molecule has 1 saturated heterocycles. The van der Waals surface area contributed by atoms with Crippen molar-refractivity contribution in [2.45, 2.75) is 51.0 Å². The van der Waals surface area contributed by atoms with Gasteiger partial charge in [0.15, 0.2) is 0 Å². The minimum absolute atomic E-state index is 0.0884. The molecule has 1 aliphatic heterocycles. The molecule has 3 rings (SSSR count). The molecule has 0 atom stereocenters. The van der Waals surface area contributed by atoms with Crippen LogP contribution in [0.15, 0.2) is 18.3 Å². The van der Waals surface area contributed by atoms with E-state index in [0.717, 1.165) is 38.5 Å². The first kappa shape index (κ1) is 17.2. The van der Waals surface area contributed by atoms with E-state index in [9.17, 15) is 9.59 Å². The average molecular weight is 350 g/mol. The molecule has 0 unspecified atom stereocenters. The number of carbonyl (C=O) groups is 2. The molecule has 0 aromatic carbocycles. The van der Waals surface area contributed by atoms with Crippen LogP contribution in [0, 0.1) is 5.92 Å². The van der Waals surface area contributed by atoms with Gasteiger partial charge in [-0.2, -0.15) is 0 Å². The highest BCUT2D eigenvalue weighted by molar-refractivity contribution is 6.30. The number of aromatic nitrogens is 1. The number of hydrogen-bond donors (Lipinski definition) is 1. The maximum atomic E-state index is 12.4. The number of carbonyl (C=O) groups excluding carboxylic acids is 2. The van der Waals surface area contributed by atoms with Crippen molar-refractivity contribution < 1.29 is 9.59 Å². The Kier molecular flexibility index (Phi) is 5.72. The second-order valence-corrected chi connectivity index (χ2v) is 7.21. The molecule has 0 radical (unpaired) electrons. The van der Waals surface area contributed by atoms with Crippen molar-refractivity contribution in [2.24, 2.45) is 5.92 Å². The Labute approximate surface area is 147 Å². The van der Waals surface area contributed by atoms with Gasteiger partial charge in [0, 0.05) is 36.3 Å². The molecule has 2 heterocycles. The number of pyridine rings is 1. The lowest BCUT2D eigenvalue weighted by atomic mass is 9.88.